The van der Waals surface area contributed by atoms with E-state index in [2.05, 4.69) is 15.4 Å². The number of amides is 1. The zero-order valence-electron chi connectivity index (χ0n) is 13.0. The van der Waals surface area contributed by atoms with Crippen molar-refractivity contribution in [3.63, 3.8) is 0 Å². The molecule has 7 heteroatoms. The molecule has 2 heterocycles. The van der Waals surface area contributed by atoms with Crippen molar-refractivity contribution in [2.24, 2.45) is 0 Å². The summed E-state index contributed by atoms with van der Waals surface area (Å²) < 4.78 is 28.0. The highest BCUT2D eigenvalue weighted by Gasteiger charge is 2.10. The average molecular weight is 328 g/mol. The maximum Gasteiger partial charge on any atom is 0.255 e. The SMILES string of the molecule is Cc1cc(C)n(-c2ccc(NC(=O)c3cc(F)cc(F)c3)cn2)n1. The van der Waals surface area contributed by atoms with E-state index in [-0.39, 0.29) is 5.56 Å². The van der Waals surface area contributed by atoms with Crippen molar-refractivity contribution >= 4 is 11.6 Å². The van der Waals surface area contributed by atoms with Crippen LogP contribution in [0, 0.1) is 25.5 Å². The van der Waals surface area contributed by atoms with Crippen LogP contribution in [0.2, 0.25) is 0 Å². The molecule has 0 spiro atoms. The molecule has 0 saturated heterocycles. The van der Waals surface area contributed by atoms with Crippen LogP contribution < -0.4 is 5.32 Å². The van der Waals surface area contributed by atoms with E-state index in [1.54, 1.807) is 16.8 Å². The standard InChI is InChI=1S/C17H14F2N4O/c1-10-5-11(2)23(22-10)16-4-3-15(9-20-16)21-17(24)12-6-13(18)8-14(19)7-12/h3-9H,1-2H3,(H,21,24). The highest BCUT2D eigenvalue weighted by atomic mass is 19.1. The fourth-order valence-electron chi connectivity index (χ4n) is 2.33. The molecule has 5 nitrogen and oxygen atoms in total. The van der Waals surface area contributed by atoms with E-state index >= 15 is 0 Å². The first-order valence-electron chi connectivity index (χ1n) is 7.19. The summed E-state index contributed by atoms with van der Waals surface area (Å²) in [7, 11) is 0. The van der Waals surface area contributed by atoms with Gasteiger partial charge < -0.3 is 5.32 Å². The van der Waals surface area contributed by atoms with Gasteiger partial charge in [0.2, 0.25) is 0 Å². The number of carbonyl (C=O) groups excluding carboxylic acids is 1. The van der Waals surface area contributed by atoms with Crippen LogP contribution in [-0.4, -0.2) is 20.7 Å². The van der Waals surface area contributed by atoms with Gasteiger partial charge in [0.1, 0.15) is 11.6 Å². The van der Waals surface area contributed by atoms with Crippen LogP contribution in [0.25, 0.3) is 5.82 Å². The molecular weight excluding hydrogens is 314 g/mol. The Morgan fingerprint density at radius 3 is 2.33 bits per heavy atom. The Kier molecular flexibility index (Phi) is 4.07. The van der Waals surface area contributed by atoms with Gasteiger partial charge in [-0.1, -0.05) is 0 Å². The van der Waals surface area contributed by atoms with Gasteiger partial charge in [-0.3, -0.25) is 4.79 Å². The quantitative estimate of drug-likeness (QED) is 0.801. The Morgan fingerprint density at radius 1 is 1.08 bits per heavy atom. The molecule has 0 unspecified atom stereocenters. The molecular formula is C17H14F2N4O. The van der Waals surface area contributed by atoms with Crippen LogP contribution in [0.3, 0.4) is 0 Å². The number of halogens is 2. The number of pyridine rings is 1. The van der Waals surface area contributed by atoms with Gasteiger partial charge in [0.15, 0.2) is 5.82 Å². The monoisotopic (exact) mass is 328 g/mol. The third-order valence-electron chi connectivity index (χ3n) is 3.36. The smallest absolute Gasteiger partial charge is 0.255 e. The van der Waals surface area contributed by atoms with Gasteiger partial charge in [0.25, 0.3) is 5.91 Å². The highest BCUT2D eigenvalue weighted by molar-refractivity contribution is 6.04. The molecule has 0 aliphatic heterocycles. The van der Waals surface area contributed by atoms with Crippen LogP contribution >= 0.6 is 0 Å². The minimum Gasteiger partial charge on any atom is -0.321 e. The third-order valence-corrected chi connectivity index (χ3v) is 3.36. The predicted molar refractivity (Wildman–Crippen MR) is 85.1 cm³/mol. The van der Waals surface area contributed by atoms with Crippen molar-refractivity contribution in [1.29, 1.82) is 0 Å². The number of benzene rings is 1. The van der Waals surface area contributed by atoms with Gasteiger partial charge in [0, 0.05) is 17.3 Å². The van der Waals surface area contributed by atoms with Crippen LogP contribution in [-0.2, 0) is 0 Å². The van der Waals surface area contributed by atoms with Crippen molar-refractivity contribution in [3.8, 4) is 5.82 Å². The number of rotatable bonds is 3. The molecule has 0 radical (unpaired) electrons. The summed E-state index contributed by atoms with van der Waals surface area (Å²) in [5.41, 5.74) is 2.12. The summed E-state index contributed by atoms with van der Waals surface area (Å²) in [6.07, 6.45) is 1.46. The van der Waals surface area contributed by atoms with Crippen LogP contribution in [0.1, 0.15) is 21.7 Å². The van der Waals surface area contributed by atoms with Crippen LogP contribution in [0.4, 0.5) is 14.5 Å². The molecule has 0 saturated carbocycles. The Hall–Kier alpha value is -3.09. The topological polar surface area (TPSA) is 59.8 Å². The van der Waals surface area contributed by atoms with Crippen molar-refractivity contribution in [2.75, 3.05) is 5.32 Å². The van der Waals surface area contributed by atoms with Crippen LogP contribution in [0.15, 0.2) is 42.6 Å². The van der Waals surface area contributed by atoms with E-state index in [4.69, 9.17) is 0 Å². The Morgan fingerprint density at radius 2 is 1.79 bits per heavy atom. The first kappa shape index (κ1) is 15.8. The summed E-state index contributed by atoms with van der Waals surface area (Å²) in [5, 5.41) is 6.87. The van der Waals surface area contributed by atoms with Crippen molar-refractivity contribution in [2.45, 2.75) is 13.8 Å². The molecule has 24 heavy (non-hydrogen) atoms. The predicted octanol–water partition coefficient (Wildman–Crippen LogP) is 3.41. The fourth-order valence-corrected chi connectivity index (χ4v) is 2.33. The number of aryl methyl sites for hydroxylation is 2. The normalized spacial score (nSPS) is 10.7. The maximum atomic E-state index is 13.2. The number of hydrogen-bond acceptors (Lipinski definition) is 3. The second-order valence-corrected chi connectivity index (χ2v) is 5.36. The number of hydrogen-bond donors (Lipinski definition) is 1. The van der Waals surface area contributed by atoms with E-state index < -0.39 is 17.5 Å². The summed E-state index contributed by atoms with van der Waals surface area (Å²) in [4.78, 5) is 16.3. The Labute approximate surface area is 137 Å². The van der Waals surface area contributed by atoms with E-state index in [0.29, 0.717) is 17.6 Å². The molecule has 0 fully saturated rings. The number of nitrogens with one attached hydrogen (secondary N) is 1. The molecule has 3 aromatic rings. The molecule has 1 amide bonds. The van der Waals surface area contributed by atoms with Gasteiger partial charge >= 0.3 is 0 Å². The lowest BCUT2D eigenvalue weighted by Gasteiger charge is -2.07. The zero-order chi connectivity index (χ0) is 17.3. The highest BCUT2D eigenvalue weighted by Crippen LogP contribution is 2.14. The van der Waals surface area contributed by atoms with Crippen molar-refractivity contribution < 1.29 is 13.6 Å². The molecule has 0 aliphatic carbocycles. The van der Waals surface area contributed by atoms with E-state index in [0.717, 1.165) is 23.5 Å². The minimum atomic E-state index is -0.807. The van der Waals surface area contributed by atoms with Gasteiger partial charge in [-0.15, -0.1) is 0 Å². The number of nitrogens with zero attached hydrogens (tertiary/aromatic N) is 3. The summed E-state index contributed by atoms with van der Waals surface area (Å²) >= 11 is 0. The summed E-state index contributed by atoms with van der Waals surface area (Å²) in [6.45, 7) is 3.80. The lowest BCUT2D eigenvalue weighted by molar-refractivity contribution is 0.102. The third kappa shape index (κ3) is 3.29. The lowest BCUT2D eigenvalue weighted by Crippen LogP contribution is -2.13. The molecule has 122 valence electrons. The first-order chi connectivity index (χ1) is 11.4. The van der Waals surface area contributed by atoms with Gasteiger partial charge in [0.05, 0.1) is 17.6 Å². The maximum absolute atomic E-state index is 13.2. The Balaban J connectivity index is 1.79. The average Bonchev–Trinajstić information content (AvgIpc) is 2.85. The number of aromatic nitrogens is 3. The van der Waals surface area contributed by atoms with Gasteiger partial charge in [-0.2, -0.15) is 5.10 Å². The second-order valence-electron chi connectivity index (χ2n) is 5.36. The molecule has 0 atom stereocenters. The first-order valence-corrected chi connectivity index (χ1v) is 7.19. The van der Waals surface area contributed by atoms with Crippen LogP contribution in [0.5, 0.6) is 0 Å². The Bertz CT molecular complexity index is 883. The largest absolute Gasteiger partial charge is 0.321 e. The van der Waals surface area contributed by atoms with E-state index in [1.807, 2.05) is 19.9 Å². The molecule has 3 rings (SSSR count). The number of anilines is 1. The second kappa shape index (κ2) is 6.19. The van der Waals surface area contributed by atoms with Gasteiger partial charge in [-0.05, 0) is 44.2 Å². The fraction of sp³-hybridized carbons (Fsp3) is 0.118. The number of carbonyl (C=O) groups is 1. The minimum absolute atomic E-state index is 0.102. The summed E-state index contributed by atoms with van der Waals surface area (Å²) in [5.74, 6) is -1.62. The molecule has 1 N–H and O–H groups in total. The van der Waals surface area contributed by atoms with E-state index in [1.165, 1.54) is 6.20 Å². The molecule has 0 bridgehead atoms. The molecule has 2 aromatic heterocycles. The zero-order valence-corrected chi connectivity index (χ0v) is 13.0. The molecule has 0 aliphatic rings. The lowest BCUT2D eigenvalue weighted by atomic mass is 10.2. The van der Waals surface area contributed by atoms with Crippen molar-refractivity contribution in [1.82, 2.24) is 14.8 Å². The van der Waals surface area contributed by atoms with Crippen molar-refractivity contribution in [3.05, 3.63) is 71.2 Å². The summed E-state index contributed by atoms with van der Waals surface area (Å²) in [6, 6.07) is 7.91. The van der Waals surface area contributed by atoms with E-state index in [9.17, 15) is 13.6 Å². The molecule has 1 aromatic carbocycles. The van der Waals surface area contributed by atoms with Gasteiger partial charge in [-0.25, -0.2) is 18.4 Å².